The molecule has 8 heteroatoms. The summed E-state index contributed by atoms with van der Waals surface area (Å²) in [5.41, 5.74) is 2.15. The molecule has 0 bridgehead atoms. The first kappa shape index (κ1) is 20.3. The summed E-state index contributed by atoms with van der Waals surface area (Å²) in [5, 5.41) is 7.18. The first-order valence-corrected chi connectivity index (χ1v) is 8.49. The summed E-state index contributed by atoms with van der Waals surface area (Å²) in [6, 6.07) is 4.26. The molecule has 1 aliphatic carbocycles. The number of aromatic amines is 1. The van der Waals surface area contributed by atoms with Crippen LogP contribution in [-0.2, 0) is 4.79 Å². The zero-order chi connectivity index (χ0) is 16.5. The van der Waals surface area contributed by atoms with Gasteiger partial charge in [-0.2, -0.15) is 0 Å². The van der Waals surface area contributed by atoms with Gasteiger partial charge in [0.05, 0.1) is 0 Å². The normalized spacial score (nSPS) is 23.8. The van der Waals surface area contributed by atoms with Gasteiger partial charge in [-0.3, -0.25) is 10.1 Å². The van der Waals surface area contributed by atoms with Gasteiger partial charge >= 0.3 is 0 Å². The number of halogens is 2. The second-order valence-corrected chi connectivity index (χ2v) is 6.69. The molecule has 0 unspecified atom stereocenters. The number of hydrogen-bond donors (Lipinski definition) is 3. The monoisotopic (exact) mass is 395 g/mol. The lowest BCUT2D eigenvalue weighted by molar-refractivity contribution is -0.115. The summed E-state index contributed by atoms with van der Waals surface area (Å²) < 4.78 is 0. The molecule has 0 aromatic carbocycles. The average Bonchev–Trinajstić information content (AvgIpc) is 3.14. The summed E-state index contributed by atoms with van der Waals surface area (Å²) in [4.78, 5) is 24.0. The van der Waals surface area contributed by atoms with Crippen LogP contribution in [0.25, 0.3) is 17.1 Å². The van der Waals surface area contributed by atoms with Crippen LogP contribution in [0.5, 0.6) is 0 Å². The maximum Gasteiger partial charge on any atom is 0.276 e. The van der Waals surface area contributed by atoms with Gasteiger partial charge in [0.25, 0.3) is 5.91 Å². The number of rotatable bonds is 2. The van der Waals surface area contributed by atoms with Gasteiger partial charge in [0.1, 0.15) is 11.3 Å². The topological polar surface area (TPSA) is 82.2 Å². The van der Waals surface area contributed by atoms with Gasteiger partial charge in [0.2, 0.25) is 5.96 Å². The highest BCUT2D eigenvalue weighted by Crippen LogP contribution is 2.24. The van der Waals surface area contributed by atoms with E-state index in [-0.39, 0.29) is 30.7 Å². The van der Waals surface area contributed by atoms with E-state index >= 15 is 0 Å². The van der Waals surface area contributed by atoms with Gasteiger partial charge in [-0.25, -0.2) is 9.98 Å². The fraction of sp³-hybridized carbons (Fsp3) is 0.389. The van der Waals surface area contributed by atoms with E-state index in [1.807, 2.05) is 18.3 Å². The zero-order valence-electron chi connectivity index (χ0n) is 14.5. The number of carbonyl (C=O) groups excluding carboxylic acids is 1. The Bertz CT molecular complexity index is 837. The molecule has 2 aromatic rings. The highest BCUT2D eigenvalue weighted by atomic mass is 35.5. The SMILES string of the molecule is CC1CCC(NC2=N/C(=C\c3c[nH]c4ncccc34)C(=O)N2)CC1.Cl.Cl. The van der Waals surface area contributed by atoms with Gasteiger partial charge < -0.3 is 10.3 Å². The molecule has 6 nitrogen and oxygen atoms in total. The number of aromatic nitrogens is 2. The van der Waals surface area contributed by atoms with Crippen LogP contribution in [0, 0.1) is 5.92 Å². The second-order valence-electron chi connectivity index (χ2n) is 6.69. The van der Waals surface area contributed by atoms with Crippen LogP contribution in [0.4, 0.5) is 0 Å². The Balaban J connectivity index is 0.00000121. The number of pyridine rings is 1. The smallest absolute Gasteiger partial charge is 0.276 e. The lowest BCUT2D eigenvalue weighted by Crippen LogP contribution is -2.43. The van der Waals surface area contributed by atoms with Crippen LogP contribution >= 0.6 is 24.8 Å². The minimum Gasteiger partial charge on any atom is -0.353 e. The lowest BCUT2D eigenvalue weighted by Gasteiger charge is -2.27. The van der Waals surface area contributed by atoms with Crippen molar-refractivity contribution in [3.8, 4) is 0 Å². The fourth-order valence-corrected chi connectivity index (χ4v) is 3.38. The van der Waals surface area contributed by atoms with Crippen molar-refractivity contribution in [1.82, 2.24) is 20.6 Å². The molecule has 26 heavy (non-hydrogen) atoms. The summed E-state index contributed by atoms with van der Waals surface area (Å²) >= 11 is 0. The minimum atomic E-state index is -0.167. The van der Waals surface area contributed by atoms with E-state index in [0.717, 1.165) is 35.4 Å². The number of fused-ring (bicyclic) bond motifs is 1. The Morgan fingerprint density at radius 3 is 2.77 bits per heavy atom. The molecule has 0 atom stereocenters. The number of hydrogen-bond acceptors (Lipinski definition) is 4. The van der Waals surface area contributed by atoms with Crippen molar-refractivity contribution in [2.75, 3.05) is 0 Å². The molecule has 0 saturated heterocycles. The van der Waals surface area contributed by atoms with E-state index in [4.69, 9.17) is 0 Å². The van der Waals surface area contributed by atoms with Gasteiger partial charge in [-0.15, -0.1) is 24.8 Å². The third kappa shape index (κ3) is 4.19. The molecule has 3 N–H and O–H groups in total. The van der Waals surface area contributed by atoms with E-state index in [1.165, 1.54) is 12.8 Å². The molecular formula is C18H23Cl2N5O. The molecule has 3 heterocycles. The fourth-order valence-electron chi connectivity index (χ4n) is 3.38. The number of nitrogens with one attached hydrogen (secondary N) is 3. The molecule has 2 aromatic heterocycles. The third-order valence-corrected chi connectivity index (χ3v) is 4.83. The molecule has 1 fully saturated rings. The van der Waals surface area contributed by atoms with Crippen molar-refractivity contribution in [3.63, 3.8) is 0 Å². The maximum atomic E-state index is 12.2. The highest BCUT2D eigenvalue weighted by molar-refractivity contribution is 6.14. The molecule has 0 radical (unpaired) electrons. The Morgan fingerprint density at radius 1 is 1.23 bits per heavy atom. The average molecular weight is 396 g/mol. The standard InChI is InChI=1S/C18H21N5O.2ClH/c1-11-4-6-13(7-5-11)21-18-22-15(17(24)23-18)9-12-10-20-16-14(12)3-2-8-19-16;;/h2-3,8-11,13H,4-7H2,1H3,(H,19,20)(H2,21,22,23,24);2*1H/b15-9-;;. The Kier molecular flexibility index (Phi) is 6.67. The number of nitrogens with zero attached hydrogens (tertiary/aromatic N) is 2. The number of H-pyrrole nitrogens is 1. The largest absolute Gasteiger partial charge is 0.353 e. The molecule has 2 aliphatic rings. The van der Waals surface area contributed by atoms with Crippen LogP contribution in [0.3, 0.4) is 0 Å². The molecule has 1 aliphatic heterocycles. The number of carbonyl (C=O) groups is 1. The summed E-state index contributed by atoms with van der Waals surface area (Å²) in [5.74, 6) is 1.21. The lowest BCUT2D eigenvalue weighted by atomic mass is 9.87. The first-order chi connectivity index (χ1) is 11.7. The maximum absolute atomic E-state index is 12.2. The Labute approximate surface area is 164 Å². The summed E-state index contributed by atoms with van der Waals surface area (Å²) in [6.45, 7) is 2.29. The molecule has 140 valence electrons. The van der Waals surface area contributed by atoms with Crippen molar-refractivity contribution in [2.24, 2.45) is 10.9 Å². The molecule has 1 saturated carbocycles. The Hall–Kier alpha value is -2.05. The number of aliphatic imine (C=N–C) groups is 1. The molecule has 4 rings (SSSR count). The van der Waals surface area contributed by atoms with Gasteiger partial charge in [0.15, 0.2) is 0 Å². The van der Waals surface area contributed by atoms with Crippen LogP contribution in [0.15, 0.2) is 35.2 Å². The van der Waals surface area contributed by atoms with Crippen molar-refractivity contribution >= 4 is 53.8 Å². The van der Waals surface area contributed by atoms with E-state index in [2.05, 4.69) is 32.5 Å². The Morgan fingerprint density at radius 2 is 2.00 bits per heavy atom. The van der Waals surface area contributed by atoms with Crippen molar-refractivity contribution < 1.29 is 4.79 Å². The van der Waals surface area contributed by atoms with Crippen molar-refractivity contribution in [1.29, 1.82) is 0 Å². The van der Waals surface area contributed by atoms with Crippen LogP contribution in [0.2, 0.25) is 0 Å². The zero-order valence-corrected chi connectivity index (χ0v) is 16.1. The quantitative estimate of drug-likeness (QED) is 0.681. The van der Waals surface area contributed by atoms with E-state index < -0.39 is 0 Å². The number of amides is 1. The van der Waals surface area contributed by atoms with E-state index in [0.29, 0.717) is 17.7 Å². The molecule has 1 amide bonds. The predicted molar refractivity (Wildman–Crippen MR) is 109 cm³/mol. The molecular weight excluding hydrogens is 373 g/mol. The highest BCUT2D eigenvalue weighted by Gasteiger charge is 2.24. The van der Waals surface area contributed by atoms with Crippen molar-refractivity contribution in [3.05, 3.63) is 35.8 Å². The van der Waals surface area contributed by atoms with E-state index in [1.54, 1.807) is 12.3 Å². The first-order valence-electron chi connectivity index (χ1n) is 8.49. The van der Waals surface area contributed by atoms with Crippen molar-refractivity contribution in [2.45, 2.75) is 38.6 Å². The second kappa shape index (κ2) is 8.56. The van der Waals surface area contributed by atoms with Crippen LogP contribution in [-0.4, -0.2) is 27.9 Å². The summed E-state index contributed by atoms with van der Waals surface area (Å²) in [7, 11) is 0. The van der Waals surface area contributed by atoms with Gasteiger partial charge in [0, 0.05) is 29.4 Å². The predicted octanol–water partition coefficient (Wildman–Crippen LogP) is 3.40. The number of guanidine groups is 1. The van der Waals surface area contributed by atoms with E-state index in [9.17, 15) is 4.79 Å². The molecule has 0 spiro atoms. The van der Waals surface area contributed by atoms with Gasteiger partial charge in [-0.05, 0) is 49.8 Å². The van der Waals surface area contributed by atoms with Gasteiger partial charge in [-0.1, -0.05) is 6.92 Å². The summed E-state index contributed by atoms with van der Waals surface area (Å²) in [6.07, 6.45) is 10.1. The van der Waals surface area contributed by atoms with Crippen LogP contribution in [0.1, 0.15) is 38.2 Å². The third-order valence-electron chi connectivity index (χ3n) is 4.83. The van der Waals surface area contributed by atoms with Crippen LogP contribution < -0.4 is 10.6 Å². The minimum absolute atomic E-state index is 0.